The second-order valence-corrected chi connectivity index (χ2v) is 3.71. The molecule has 1 aliphatic rings. The van der Waals surface area contributed by atoms with Crippen LogP contribution in [0.5, 0.6) is 0 Å². The Morgan fingerprint density at radius 3 is 2.69 bits per heavy atom. The Hall–Kier alpha value is -0.340. The van der Waals surface area contributed by atoms with Crippen LogP contribution in [0.3, 0.4) is 0 Å². The number of nitrogens with one attached hydrogen (secondary N) is 1. The van der Waals surface area contributed by atoms with Gasteiger partial charge < -0.3 is 5.32 Å². The molecule has 0 bridgehead atoms. The third kappa shape index (κ3) is 3.49. The first-order chi connectivity index (χ1) is 6.38. The minimum Gasteiger partial charge on any atom is -0.314 e. The van der Waals surface area contributed by atoms with Crippen LogP contribution in [0.4, 0.5) is 0 Å². The third-order valence-electron chi connectivity index (χ3n) is 2.84. The molecule has 0 radical (unpaired) electrons. The topological polar surface area (TPSA) is 15.3 Å². The molecule has 2 nitrogen and oxygen atoms in total. The highest BCUT2D eigenvalue weighted by atomic mass is 15.2. The molecule has 0 amide bonds. The molecule has 1 unspecified atom stereocenters. The molecule has 1 aliphatic heterocycles. The van der Waals surface area contributed by atoms with Gasteiger partial charge in [0.1, 0.15) is 0 Å². The number of rotatable bonds is 5. The Morgan fingerprint density at radius 1 is 1.46 bits per heavy atom. The van der Waals surface area contributed by atoms with E-state index in [1.807, 2.05) is 6.08 Å². The molecule has 0 saturated carbocycles. The van der Waals surface area contributed by atoms with Crippen molar-refractivity contribution in [2.45, 2.75) is 32.2 Å². The van der Waals surface area contributed by atoms with E-state index in [1.54, 1.807) is 0 Å². The van der Waals surface area contributed by atoms with Crippen LogP contribution in [0, 0.1) is 0 Å². The molecule has 1 rings (SSSR count). The summed E-state index contributed by atoms with van der Waals surface area (Å²) in [6, 6.07) is 0.778. The second kappa shape index (κ2) is 6.17. The van der Waals surface area contributed by atoms with Gasteiger partial charge in [0.25, 0.3) is 0 Å². The first-order valence-electron chi connectivity index (χ1n) is 5.44. The van der Waals surface area contributed by atoms with Gasteiger partial charge in [0.05, 0.1) is 0 Å². The third-order valence-corrected chi connectivity index (χ3v) is 2.84. The van der Waals surface area contributed by atoms with Gasteiger partial charge in [-0.2, -0.15) is 0 Å². The van der Waals surface area contributed by atoms with Crippen molar-refractivity contribution in [3.05, 3.63) is 12.7 Å². The van der Waals surface area contributed by atoms with E-state index in [-0.39, 0.29) is 0 Å². The monoisotopic (exact) mass is 182 g/mol. The lowest BCUT2D eigenvalue weighted by Gasteiger charge is -2.34. The predicted octanol–water partition coefficient (Wildman–Crippen LogP) is 1.64. The maximum absolute atomic E-state index is 3.78. The van der Waals surface area contributed by atoms with Gasteiger partial charge >= 0.3 is 0 Å². The van der Waals surface area contributed by atoms with E-state index in [1.165, 1.54) is 25.9 Å². The van der Waals surface area contributed by atoms with Gasteiger partial charge in [-0.3, -0.25) is 4.90 Å². The molecule has 2 heteroatoms. The fourth-order valence-corrected chi connectivity index (χ4v) is 2.00. The maximum Gasteiger partial charge on any atom is 0.0110 e. The lowest BCUT2D eigenvalue weighted by molar-refractivity contribution is 0.161. The summed E-state index contributed by atoms with van der Waals surface area (Å²) in [5.41, 5.74) is 0. The summed E-state index contributed by atoms with van der Waals surface area (Å²) in [6.45, 7) is 10.8. The van der Waals surface area contributed by atoms with Gasteiger partial charge in [-0.05, 0) is 19.3 Å². The van der Waals surface area contributed by atoms with Crippen molar-refractivity contribution < 1.29 is 0 Å². The molecule has 0 aliphatic carbocycles. The lowest BCUT2D eigenvalue weighted by Crippen LogP contribution is -2.48. The van der Waals surface area contributed by atoms with Gasteiger partial charge in [0.2, 0.25) is 0 Å². The normalized spacial score (nSPS) is 21.3. The Bertz CT molecular complexity index is 139. The molecule has 76 valence electrons. The summed E-state index contributed by atoms with van der Waals surface area (Å²) in [6.07, 6.45) is 5.74. The quantitative estimate of drug-likeness (QED) is 0.650. The largest absolute Gasteiger partial charge is 0.314 e. The van der Waals surface area contributed by atoms with E-state index in [0.717, 1.165) is 25.6 Å². The summed E-state index contributed by atoms with van der Waals surface area (Å²) >= 11 is 0. The minimum atomic E-state index is 0.778. The molecule has 1 heterocycles. The van der Waals surface area contributed by atoms with Crippen LogP contribution in [-0.2, 0) is 0 Å². The molecule has 1 fully saturated rings. The fraction of sp³-hybridized carbons (Fsp3) is 0.818. The average molecular weight is 182 g/mol. The number of nitrogens with zero attached hydrogens (tertiary/aromatic N) is 1. The van der Waals surface area contributed by atoms with Gasteiger partial charge in [-0.25, -0.2) is 0 Å². The first kappa shape index (κ1) is 10.7. The van der Waals surface area contributed by atoms with Crippen molar-refractivity contribution in [3.63, 3.8) is 0 Å². The molecule has 0 aromatic heterocycles. The molecule has 0 aromatic rings. The fourth-order valence-electron chi connectivity index (χ4n) is 2.00. The van der Waals surface area contributed by atoms with Crippen molar-refractivity contribution in [2.75, 3.05) is 26.2 Å². The molecule has 1 N–H and O–H groups in total. The average Bonchev–Trinajstić information content (AvgIpc) is 2.21. The van der Waals surface area contributed by atoms with E-state index in [4.69, 9.17) is 0 Å². The van der Waals surface area contributed by atoms with Crippen LogP contribution < -0.4 is 5.32 Å². The zero-order chi connectivity index (χ0) is 9.52. The Balaban J connectivity index is 2.29. The highest BCUT2D eigenvalue weighted by Gasteiger charge is 2.17. The van der Waals surface area contributed by atoms with Crippen LogP contribution in [-0.4, -0.2) is 37.1 Å². The van der Waals surface area contributed by atoms with Gasteiger partial charge in [-0.15, -0.1) is 6.58 Å². The highest BCUT2D eigenvalue weighted by Crippen LogP contribution is 2.11. The Labute approximate surface area is 82.0 Å². The second-order valence-electron chi connectivity index (χ2n) is 3.71. The SMILES string of the molecule is C=CCCC(CC)N1CCNCC1. The van der Waals surface area contributed by atoms with Crippen molar-refractivity contribution in [2.24, 2.45) is 0 Å². The van der Waals surface area contributed by atoms with Gasteiger partial charge in [0.15, 0.2) is 0 Å². The van der Waals surface area contributed by atoms with E-state index in [0.29, 0.717) is 0 Å². The predicted molar refractivity (Wildman–Crippen MR) is 58.0 cm³/mol. The van der Waals surface area contributed by atoms with Crippen LogP contribution in [0.15, 0.2) is 12.7 Å². The summed E-state index contributed by atoms with van der Waals surface area (Å²) in [5.74, 6) is 0. The molecule has 0 aromatic carbocycles. The summed E-state index contributed by atoms with van der Waals surface area (Å²) in [7, 11) is 0. The lowest BCUT2D eigenvalue weighted by atomic mass is 10.1. The zero-order valence-corrected chi connectivity index (χ0v) is 8.76. The van der Waals surface area contributed by atoms with E-state index >= 15 is 0 Å². The molecular weight excluding hydrogens is 160 g/mol. The summed E-state index contributed by atoms with van der Waals surface area (Å²) < 4.78 is 0. The highest BCUT2D eigenvalue weighted by molar-refractivity contribution is 4.78. The van der Waals surface area contributed by atoms with Crippen LogP contribution >= 0.6 is 0 Å². The molecule has 0 spiro atoms. The van der Waals surface area contributed by atoms with Gasteiger partial charge in [-0.1, -0.05) is 13.0 Å². The van der Waals surface area contributed by atoms with E-state index in [2.05, 4.69) is 23.7 Å². The summed E-state index contributed by atoms with van der Waals surface area (Å²) in [4.78, 5) is 2.61. The minimum absolute atomic E-state index is 0.778. The smallest absolute Gasteiger partial charge is 0.0110 e. The van der Waals surface area contributed by atoms with Crippen LogP contribution in [0.2, 0.25) is 0 Å². The van der Waals surface area contributed by atoms with Crippen molar-refractivity contribution >= 4 is 0 Å². The van der Waals surface area contributed by atoms with Crippen LogP contribution in [0.25, 0.3) is 0 Å². The molecular formula is C11H22N2. The van der Waals surface area contributed by atoms with E-state index in [9.17, 15) is 0 Å². The standard InChI is InChI=1S/C11H22N2/c1-3-5-6-11(4-2)13-9-7-12-8-10-13/h3,11-12H,1,4-10H2,2H3. The van der Waals surface area contributed by atoms with Crippen molar-refractivity contribution in [1.82, 2.24) is 10.2 Å². The number of hydrogen-bond donors (Lipinski definition) is 1. The maximum atomic E-state index is 3.78. The first-order valence-corrected chi connectivity index (χ1v) is 5.44. The van der Waals surface area contributed by atoms with Crippen molar-refractivity contribution in [3.8, 4) is 0 Å². The molecule has 1 saturated heterocycles. The molecule has 13 heavy (non-hydrogen) atoms. The molecule has 1 atom stereocenters. The van der Waals surface area contributed by atoms with Crippen molar-refractivity contribution in [1.29, 1.82) is 0 Å². The number of hydrogen-bond acceptors (Lipinski definition) is 2. The number of allylic oxidation sites excluding steroid dienone is 1. The Morgan fingerprint density at radius 2 is 2.15 bits per heavy atom. The van der Waals surface area contributed by atoms with Gasteiger partial charge in [0, 0.05) is 32.2 Å². The zero-order valence-electron chi connectivity index (χ0n) is 8.76. The summed E-state index contributed by atoms with van der Waals surface area (Å²) in [5, 5.41) is 3.39. The van der Waals surface area contributed by atoms with E-state index < -0.39 is 0 Å². The van der Waals surface area contributed by atoms with Crippen LogP contribution in [0.1, 0.15) is 26.2 Å². The Kier molecular flexibility index (Phi) is 5.09. The number of piperazine rings is 1.